The molecule has 20 heavy (non-hydrogen) atoms. The topological polar surface area (TPSA) is 39.2 Å². The number of carbonyl (C=O) groups excluding carboxylic acids is 1. The average Bonchev–Trinajstić information content (AvgIpc) is 2.43. The zero-order valence-electron chi connectivity index (χ0n) is 10.1. The van der Waals surface area contributed by atoms with Gasteiger partial charge in [-0.3, -0.25) is 0 Å². The number of hydrogen-bond acceptors (Lipinski definition) is 3. The van der Waals surface area contributed by atoms with Crippen LogP contribution in [0.2, 0.25) is 15.1 Å². The third kappa shape index (κ3) is 2.87. The van der Waals surface area contributed by atoms with Crippen molar-refractivity contribution in [1.82, 2.24) is 4.98 Å². The van der Waals surface area contributed by atoms with Gasteiger partial charge in [-0.15, -0.1) is 0 Å². The molecule has 0 spiro atoms. The number of nitrogens with zero attached hydrogens (tertiary/aromatic N) is 1. The molecule has 0 amide bonds. The maximum absolute atomic E-state index is 13.3. The van der Waals surface area contributed by atoms with E-state index < -0.39 is 11.9 Å². The Labute approximate surface area is 129 Å². The lowest BCUT2D eigenvalue weighted by Crippen LogP contribution is -2.06. The number of carbonyl (C=O) groups is 1. The maximum atomic E-state index is 13.3. The van der Waals surface area contributed by atoms with Crippen LogP contribution in [0, 0.1) is 5.95 Å². The zero-order chi connectivity index (χ0) is 14.9. The minimum Gasteiger partial charge on any atom is -0.465 e. The third-order valence-electron chi connectivity index (χ3n) is 2.52. The summed E-state index contributed by atoms with van der Waals surface area (Å²) in [4.78, 5) is 15.4. The van der Waals surface area contributed by atoms with Crippen LogP contribution in [0.15, 0.2) is 24.3 Å². The van der Waals surface area contributed by atoms with Gasteiger partial charge >= 0.3 is 5.97 Å². The quantitative estimate of drug-likeness (QED) is 0.456. The van der Waals surface area contributed by atoms with Gasteiger partial charge in [-0.05, 0) is 24.3 Å². The average molecular weight is 335 g/mol. The van der Waals surface area contributed by atoms with E-state index in [-0.39, 0.29) is 26.3 Å². The molecule has 2 rings (SSSR count). The Morgan fingerprint density at radius 2 is 1.80 bits per heavy atom. The molecule has 104 valence electrons. The van der Waals surface area contributed by atoms with E-state index in [1.807, 2.05) is 0 Å². The van der Waals surface area contributed by atoms with Gasteiger partial charge in [0.25, 0.3) is 0 Å². The molecule has 0 saturated carbocycles. The fourth-order valence-corrected chi connectivity index (χ4v) is 2.22. The minimum absolute atomic E-state index is 0.0808. The number of aromatic nitrogens is 1. The summed E-state index contributed by atoms with van der Waals surface area (Å²) in [5.74, 6) is -1.38. The highest BCUT2D eigenvalue weighted by atomic mass is 35.5. The van der Waals surface area contributed by atoms with Crippen LogP contribution in [0.25, 0.3) is 11.3 Å². The van der Waals surface area contributed by atoms with E-state index in [2.05, 4.69) is 9.72 Å². The van der Waals surface area contributed by atoms with Crippen LogP contribution < -0.4 is 0 Å². The van der Waals surface area contributed by atoms with Gasteiger partial charge in [-0.25, -0.2) is 9.78 Å². The predicted molar refractivity (Wildman–Crippen MR) is 76.0 cm³/mol. The highest BCUT2D eigenvalue weighted by molar-refractivity contribution is 6.48. The molecule has 2 aromatic rings. The number of benzene rings is 1. The molecule has 0 fully saturated rings. The second-order valence-corrected chi connectivity index (χ2v) is 4.97. The van der Waals surface area contributed by atoms with Crippen molar-refractivity contribution in [3.8, 4) is 11.3 Å². The van der Waals surface area contributed by atoms with Crippen molar-refractivity contribution in [3.05, 3.63) is 50.8 Å². The van der Waals surface area contributed by atoms with Crippen LogP contribution in [-0.4, -0.2) is 18.1 Å². The summed E-state index contributed by atoms with van der Waals surface area (Å²) in [6, 6.07) is 5.24. The second kappa shape index (κ2) is 5.95. The van der Waals surface area contributed by atoms with Crippen LogP contribution in [0.5, 0.6) is 0 Å². The van der Waals surface area contributed by atoms with Gasteiger partial charge in [-0.2, -0.15) is 4.39 Å². The number of rotatable bonds is 2. The Bertz CT molecular complexity index is 668. The Morgan fingerprint density at radius 1 is 1.20 bits per heavy atom. The lowest BCUT2D eigenvalue weighted by atomic mass is 10.1. The number of ether oxygens (including phenoxy) is 1. The monoisotopic (exact) mass is 333 g/mol. The molecule has 0 radical (unpaired) electrons. The molecule has 0 aliphatic rings. The third-order valence-corrected chi connectivity index (χ3v) is 3.72. The minimum atomic E-state index is -0.741. The fourth-order valence-electron chi connectivity index (χ4n) is 1.62. The molecule has 0 saturated heterocycles. The molecule has 7 heteroatoms. The highest BCUT2D eigenvalue weighted by Crippen LogP contribution is 2.35. The van der Waals surface area contributed by atoms with Crippen LogP contribution >= 0.6 is 34.8 Å². The van der Waals surface area contributed by atoms with E-state index in [9.17, 15) is 9.18 Å². The van der Waals surface area contributed by atoms with Gasteiger partial charge in [0.1, 0.15) is 0 Å². The van der Waals surface area contributed by atoms with E-state index >= 15 is 0 Å². The predicted octanol–water partition coefficient (Wildman–Crippen LogP) is 4.63. The zero-order valence-corrected chi connectivity index (χ0v) is 12.4. The van der Waals surface area contributed by atoms with E-state index in [0.29, 0.717) is 5.56 Å². The molecular formula is C13H7Cl3FNO2. The smallest absolute Gasteiger partial charge is 0.340 e. The van der Waals surface area contributed by atoms with Crippen molar-refractivity contribution in [2.24, 2.45) is 0 Å². The second-order valence-electron chi connectivity index (χ2n) is 3.78. The van der Waals surface area contributed by atoms with Crippen LogP contribution in [0.3, 0.4) is 0 Å². The van der Waals surface area contributed by atoms with E-state index in [4.69, 9.17) is 34.8 Å². The first-order chi connectivity index (χ1) is 9.43. The summed E-state index contributed by atoms with van der Waals surface area (Å²) in [7, 11) is 1.22. The van der Waals surface area contributed by atoms with E-state index in [1.165, 1.54) is 25.3 Å². The van der Waals surface area contributed by atoms with E-state index in [0.717, 1.165) is 6.07 Å². The fraction of sp³-hybridized carbons (Fsp3) is 0.0769. The van der Waals surface area contributed by atoms with Crippen molar-refractivity contribution in [2.75, 3.05) is 7.11 Å². The largest absolute Gasteiger partial charge is 0.465 e. The lowest BCUT2D eigenvalue weighted by molar-refractivity contribution is 0.0601. The number of pyridine rings is 1. The van der Waals surface area contributed by atoms with Crippen molar-refractivity contribution in [1.29, 1.82) is 0 Å². The summed E-state index contributed by atoms with van der Waals surface area (Å²) in [5, 5.41) is 0.528. The molecule has 0 bridgehead atoms. The summed E-state index contributed by atoms with van der Waals surface area (Å²) in [6.07, 6.45) is 0. The molecular weight excluding hydrogens is 328 g/mol. The van der Waals surface area contributed by atoms with Crippen molar-refractivity contribution >= 4 is 40.8 Å². The van der Waals surface area contributed by atoms with Crippen molar-refractivity contribution in [3.63, 3.8) is 0 Å². The Hall–Kier alpha value is -1.36. The SMILES string of the molecule is COC(=O)c1ccc(F)nc1-c1cc(Cl)c(Cl)c(Cl)c1. The van der Waals surface area contributed by atoms with Gasteiger partial charge < -0.3 is 4.74 Å². The number of methoxy groups -OCH3 is 1. The normalized spacial score (nSPS) is 10.4. The molecule has 3 nitrogen and oxygen atoms in total. The number of halogens is 4. The van der Waals surface area contributed by atoms with Crippen LogP contribution in [0.1, 0.15) is 10.4 Å². The van der Waals surface area contributed by atoms with Gasteiger partial charge in [0.15, 0.2) is 0 Å². The Morgan fingerprint density at radius 3 is 2.35 bits per heavy atom. The number of hydrogen-bond donors (Lipinski definition) is 0. The molecule has 1 aromatic heterocycles. The van der Waals surface area contributed by atoms with Crippen molar-refractivity contribution in [2.45, 2.75) is 0 Å². The molecule has 1 aromatic carbocycles. The molecule has 1 heterocycles. The van der Waals surface area contributed by atoms with Gasteiger partial charge in [0.2, 0.25) is 5.95 Å². The first-order valence-electron chi connectivity index (χ1n) is 5.34. The first-order valence-corrected chi connectivity index (χ1v) is 6.47. The van der Waals surface area contributed by atoms with Gasteiger partial charge in [0, 0.05) is 5.56 Å². The standard InChI is InChI=1S/C13H7Cl3FNO2/c1-20-13(19)7-2-3-10(17)18-12(7)6-4-8(14)11(16)9(15)5-6/h2-5H,1H3. The Balaban J connectivity index is 2.68. The van der Waals surface area contributed by atoms with Crippen molar-refractivity contribution < 1.29 is 13.9 Å². The van der Waals surface area contributed by atoms with Crippen LogP contribution in [-0.2, 0) is 4.74 Å². The molecule has 0 N–H and O–H groups in total. The lowest BCUT2D eigenvalue weighted by Gasteiger charge is -2.09. The van der Waals surface area contributed by atoms with E-state index in [1.54, 1.807) is 0 Å². The van der Waals surface area contributed by atoms with Crippen LogP contribution in [0.4, 0.5) is 4.39 Å². The summed E-state index contributed by atoms with van der Waals surface area (Å²) in [6.45, 7) is 0. The highest BCUT2D eigenvalue weighted by Gasteiger charge is 2.18. The molecule has 0 unspecified atom stereocenters. The van der Waals surface area contributed by atoms with Gasteiger partial charge in [-0.1, -0.05) is 34.8 Å². The summed E-state index contributed by atoms with van der Waals surface area (Å²) in [5.41, 5.74) is 0.546. The molecule has 0 aliphatic carbocycles. The maximum Gasteiger partial charge on any atom is 0.340 e. The number of esters is 1. The summed E-state index contributed by atoms with van der Waals surface area (Å²) >= 11 is 17.7. The Kier molecular flexibility index (Phi) is 4.48. The van der Waals surface area contributed by atoms with Gasteiger partial charge in [0.05, 0.1) is 33.4 Å². The summed E-state index contributed by atoms with van der Waals surface area (Å²) < 4.78 is 18.0. The molecule has 0 aliphatic heterocycles. The molecule has 0 atom stereocenters. The first kappa shape index (κ1) is 15.0.